The largest absolute Gasteiger partial charge is 0.383 e. The second-order valence-electron chi connectivity index (χ2n) is 4.65. The number of hydrogen-bond donors (Lipinski definition) is 2. The number of hydrogen-bond acceptors (Lipinski definition) is 4. The van der Waals surface area contributed by atoms with Gasteiger partial charge in [-0.1, -0.05) is 12.1 Å². The molecule has 0 bridgehead atoms. The highest BCUT2D eigenvalue weighted by Crippen LogP contribution is 2.20. The standard InChI is InChI=1S/C13H23N3O3S/c1-11(2)16(20(17,18)15-8-9-19-3)13-6-4-12(10-14)5-7-13/h4-7,11,15H,8-10,14H2,1-3H3. The van der Waals surface area contributed by atoms with Gasteiger partial charge in [0.2, 0.25) is 0 Å². The van der Waals surface area contributed by atoms with E-state index in [4.69, 9.17) is 10.5 Å². The maximum Gasteiger partial charge on any atom is 0.301 e. The summed E-state index contributed by atoms with van der Waals surface area (Å²) in [5.74, 6) is 0. The summed E-state index contributed by atoms with van der Waals surface area (Å²) >= 11 is 0. The van der Waals surface area contributed by atoms with Crippen LogP contribution in [0.5, 0.6) is 0 Å². The van der Waals surface area contributed by atoms with E-state index in [-0.39, 0.29) is 12.6 Å². The molecule has 1 rings (SSSR count). The van der Waals surface area contributed by atoms with Crippen LogP contribution in [-0.4, -0.2) is 34.7 Å². The van der Waals surface area contributed by atoms with Crippen molar-refractivity contribution in [3.05, 3.63) is 29.8 Å². The van der Waals surface area contributed by atoms with E-state index in [1.165, 1.54) is 11.4 Å². The van der Waals surface area contributed by atoms with E-state index in [0.717, 1.165) is 5.56 Å². The Morgan fingerprint density at radius 1 is 1.30 bits per heavy atom. The Bertz CT molecular complexity index is 500. The number of nitrogens with one attached hydrogen (secondary N) is 1. The predicted molar refractivity (Wildman–Crippen MR) is 80.7 cm³/mol. The fourth-order valence-electron chi connectivity index (χ4n) is 1.84. The van der Waals surface area contributed by atoms with Gasteiger partial charge in [-0.2, -0.15) is 13.1 Å². The molecule has 6 nitrogen and oxygen atoms in total. The average Bonchev–Trinajstić information content (AvgIpc) is 2.39. The first kappa shape index (κ1) is 16.9. The summed E-state index contributed by atoms with van der Waals surface area (Å²) in [6.45, 7) is 4.65. The molecule has 0 aromatic heterocycles. The molecular weight excluding hydrogens is 278 g/mol. The second-order valence-corrected chi connectivity index (χ2v) is 6.28. The van der Waals surface area contributed by atoms with Gasteiger partial charge in [0.1, 0.15) is 0 Å². The minimum absolute atomic E-state index is 0.196. The summed E-state index contributed by atoms with van der Waals surface area (Å²) in [6.07, 6.45) is 0. The van der Waals surface area contributed by atoms with E-state index in [1.807, 2.05) is 26.0 Å². The smallest absolute Gasteiger partial charge is 0.301 e. The SMILES string of the molecule is COCCNS(=O)(=O)N(c1ccc(CN)cc1)C(C)C. The van der Waals surface area contributed by atoms with Gasteiger partial charge in [-0.15, -0.1) is 0 Å². The highest BCUT2D eigenvalue weighted by molar-refractivity contribution is 7.90. The summed E-state index contributed by atoms with van der Waals surface area (Å²) in [7, 11) is -2.07. The average molecular weight is 301 g/mol. The third kappa shape index (κ3) is 4.45. The number of ether oxygens (including phenoxy) is 1. The lowest BCUT2D eigenvalue weighted by Gasteiger charge is -2.28. The quantitative estimate of drug-likeness (QED) is 0.697. The molecule has 0 aliphatic heterocycles. The van der Waals surface area contributed by atoms with Gasteiger partial charge in [-0.25, -0.2) is 0 Å². The van der Waals surface area contributed by atoms with Crippen molar-refractivity contribution in [3.8, 4) is 0 Å². The van der Waals surface area contributed by atoms with Crippen molar-refractivity contribution in [1.82, 2.24) is 4.72 Å². The Balaban J connectivity index is 2.97. The Morgan fingerprint density at radius 2 is 1.90 bits per heavy atom. The van der Waals surface area contributed by atoms with E-state index >= 15 is 0 Å². The summed E-state index contributed by atoms with van der Waals surface area (Å²) in [5.41, 5.74) is 7.12. The monoisotopic (exact) mass is 301 g/mol. The number of anilines is 1. The van der Waals surface area contributed by atoms with E-state index in [9.17, 15) is 8.42 Å². The minimum atomic E-state index is -3.59. The zero-order valence-corrected chi connectivity index (χ0v) is 13.0. The van der Waals surface area contributed by atoms with Gasteiger partial charge in [0, 0.05) is 26.2 Å². The number of benzene rings is 1. The van der Waals surface area contributed by atoms with Crippen molar-refractivity contribution in [2.75, 3.05) is 24.6 Å². The van der Waals surface area contributed by atoms with Crippen molar-refractivity contribution in [3.63, 3.8) is 0 Å². The summed E-state index contributed by atoms with van der Waals surface area (Å²) < 4.78 is 33.4. The van der Waals surface area contributed by atoms with Crippen molar-refractivity contribution < 1.29 is 13.2 Å². The van der Waals surface area contributed by atoms with E-state index in [2.05, 4.69) is 4.72 Å². The van der Waals surface area contributed by atoms with Crippen LogP contribution in [0.3, 0.4) is 0 Å². The van der Waals surface area contributed by atoms with E-state index < -0.39 is 10.2 Å². The summed E-state index contributed by atoms with van der Waals surface area (Å²) in [6, 6.07) is 6.99. The van der Waals surface area contributed by atoms with Crippen LogP contribution in [0, 0.1) is 0 Å². The molecule has 20 heavy (non-hydrogen) atoms. The Hall–Kier alpha value is -1.15. The lowest BCUT2D eigenvalue weighted by atomic mass is 10.2. The lowest BCUT2D eigenvalue weighted by molar-refractivity contribution is 0.204. The number of rotatable bonds is 8. The third-order valence-electron chi connectivity index (χ3n) is 2.75. The second kappa shape index (κ2) is 7.58. The zero-order chi connectivity index (χ0) is 15.2. The molecule has 1 aromatic carbocycles. The van der Waals surface area contributed by atoms with Gasteiger partial charge < -0.3 is 10.5 Å². The highest BCUT2D eigenvalue weighted by atomic mass is 32.2. The minimum Gasteiger partial charge on any atom is -0.383 e. The Kier molecular flexibility index (Phi) is 6.41. The first-order chi connectivity index (χ1) is 9.42. The van der Waals surface area contributed by atoms with Gasteiger partial charge in [-0.3, -0.25) is 4.31 Å². The molecule has 0 saturated carbocycles. The van der Waals surface area contributed by atoms with Crippen LogP contribution >= 0.6 is 0 Å². The molecule has 3 N–H and O–H groups in total. The molecule has 0 heterocycles. The van der Waals surface area contributed by atoms with Crippen LogP contribution in [-0.2, 0) is 21.5 Å². The Morgan fingerprint density at radius 3 is 2.35 bits per heavy atom. The molecule has 114 valence electrons. The first-order valence-corrected chi connectivity index (χ1v) is 7.93. The molecule has 0 radical (unpaired) electrons. The lowest BCUT2D eigenvalue weighted by Crippen LogP contribution is -2.45. The van der Waals surface area contributed by atoms with Crippen molar-refractivity contribution in [1.29, 1.82) is 0 Å². The van der Waals surface area contributed by atoms with Gasteiger partial charge >= 0.3 is 10.2 Å². The summed E-state index contributed by atoms with van der Waals surface area (Å²) in [5, 5.41) is 0. The van der Waals surface area contributed by atoms with Gasteiger partial charge in [-0.05, 0) is 31.5 Å². The topological polar surface area (TPSA) is 84.7 Å². The van der Waals surface area contributed by atoms with Crippen molar-refractivity contribution in [2.45, 2.75) is 26.4 Å². The van der Waals surface area contributed by atoms with Crippen molar-refractivity contribution in [2.24, 2.45) is 5.73 Å². The molecule has 0 saturated heterocycles. The van der Waals surface area contributed by atoms with Crippen molar-refractivity contribution >= 4 is 15.9 Å². The van der Waals surface area contributed by atoms with E-state index in [1.54, 1.807) is 12.1 Å². The molecule has 0 spiro atoms. The van der Waals surface area contributed by atoms with Crippen LogP contribution in [0.4, 0.5) is 5.69 Å². The molecule has 0 unspecified atom stereocenters. The molecule has 0 aliphatic rings. The zero-order valence-electron chi connectivity index (χ0n) is 12.2. The number of nitrogens with two attached hydrogens (primary N) is 1. The normalized spacial score (nSPS) is 11.8. The summed E-state index contributed by atoms with van der Waals surface area (Å²) in [4.78, 5) is 0. The van der Waals surface area contributed by atoms with E-state index in [0.29, 0.717) is 18.8 Å². The Labute approximate surface area is 121 Å². The van der Waals surface area contributed by atoms with Crippen LogP contribution < -0.4 is 14.8 Å². The van der Waals surface area contributed by atoms with Crippen LogP contribution in [0.2, 0.25) is 0 Å². The first-order valence-electron chi connectivity index (χ1n) is 6.49. The number of nitrogens with zero attached hydrogens (tertiary/aromatic N) is 1. The molecule has 0 fully saturated rings. The molecule has 0 aliphatic carbocycles. The molecule has 7 heteroatoms. The van der Waals surface area contributed by atoms with Gasteiger partial charge in [0.05, 0.1) is 12.3 Å². The fraction of sp³-hybridized carbons (Fsp3) is 0.538. The highest BCUT2D eigenvalue weighted by Gasteiger charge is 2.24. The maximum absolute atomic E-state index is 12.3. The fourth-order valence-corrected chi connectivity index (χ4v) is 3.27. The molecule has 1 aromatic rings. The van der Waals surface area contributed by atoms with Crippen LogP contribution in [0.1, 0.15) is 19.4 Å². The van der Waals surface area contributed by atoms with Gasteiger partial charge in [0.15, 0.2) is 0 Å². The van der Waals surface area contributed by atoms with Crippen LogP contribution in [0.25, 0.3) is 0 Å². The maximum atomic E-state index is 12.3. The number of methoxy groups -OCH3 is 1. The molecule has 0 amide bonds. The third-order valence-corrected chi connectivity index (χ3v) is 4.46. The van der Waals surface area contributed by atoms with Crippen LogP contribution in [0.15, 0.2) is 24.3 Å². The predicted octanol–water partition coefficient (Wildman–Crippen LogP) is 0.841. The molecular formula is C13H23N3O3S. The molecule has 0 atom stereocenters. The van der Waals surface area contributed by atoms with Gasteiger partial charge in [0.25, 0.3) is 0 Å².